The summed E-state index contributed by atoms with van der Waals surface area (Å²) in [6.45, 7) is 2.95. The van der Waals surface area contributed by atoms with Crippen molar-refractivity contribution in [2.75, 3.05) is 7.05 Å². The Kier molecular flexibility index (Phi) is 3.31. The number of aryl methyl sites for hydroxylation is 1. The summed E-state index contributed by atoms with van der Waals surface area (Å²) in [5.74, 6) is 0. The second-order valence-electron chi connectivity index (χ2n) is 3.55. The van der Waals surface area contributed by atoms with Gasteiger partial charge in [-0.1, -0.05) is 6.07 Å². The van der Waals surface area contributed by atoms with E-state index >= 15 is 0 Å². The Morgan fingerprint density at radius 2 is 2.19 bits per heavy atom. The van der Waals surface area contributed by atoms with Crippen LogP contribution in [0.15, 0.2) is 36.7 Å². The van der Waals surface area contributed by atoms with Gasteiger partial charge in [-0.25, -0.2) is 0 Å². The molecule has 4 nitrogen and oxygen atoms in total. The van der Waals surface area contributed by atoms with E-state index in [0.29, 0.717) is 0 Å². The summed E-state index contributed by atoms with van der Waals surface area (Å²) >= 11 is 0. The van der Waals surface area contributed by atoms with E-state index in [2.05, 4.69) is 22.3 Å². The molecule has 0 saturated carbocycles. The first-order chi connectivity index (χ1) is 7.86. The van der Waals surface area contributed by atoms with E-state index in [9.17, 15) is 0 Å². The fourth-order valence-corrected chi connectivity index (χ4v) is 1.85. The molecule has 0 aliphatic heterocycles. The predicted molar refractivity (Wildman–Crippen MR) is 63.0 cm³/mol. The molecule has 0 amide bonds. The summed E-state index contributed by atoms with van der Waals surface area (Å²) in [7, 11) is 1.94. The number of hydrogen-bond acceptors (Lipinski definition) is 3. The normalized spacial score (nSPS) is 12.6. The smallest absolute Gasteiger partial charge is 0.0919 e. The van der Waals surface area contributed by atoms with E-state index in [1.165, 1.54) is 0 Å². The lowest BCUT2D eigenvalue weighted by Gasteiger charge is -2.16. The van der Waals surface area contributed by atoms with Gasteiger partial charge in [0.25, 0.3) is 0 Å². The van der Waals surface area contributed by atoms with Gasteiger partial charge in [-0.05, 0) is 32.2 Å². The molecular formula is C12H16N4. The van der Waals surface area contributed by atoms with Gasteiger partial charge in [0.2, 0.25) is 0 Å². The molecule has 2 rings (SSSR count). The lowest BCUT2D eigenvalue weighted by Crippen LogP contribution is -2.22. The van der Waals surface area contributed by atoms with Crippen LogP contribution in [0.2, 0.25) is 0 Å². The highest BCUT2D eigenvalue weighted by molar-refractivity contribution is 5.21. The lowest BCUT2D eigenvalue weighted by molar-refractivity contribution is 0.556. The number of nitrogens with one attached hydrogen (secondary N) is 1. The highest BCUT2D eigenvalue weighted by atomic mass is 15.3. The number of nitrogens with zero attached hydrogens (tertiary/aromatic N) is 3. The summed E-state index contributed by atoms with van der Waals surface area (Å²) in [5, 5.41) is 7.55. The van der Waals surface area contributed by atoms with Crippen molar-refractivity contribution in [3.8, 4) is 0 Å². The van der Waals surface area contributed by atoms with E-state index in [-0.39, 0.29) is 6.04 Å². The Hall–Kier alpha value is -1.68. The fraction of sp³-hybridized carbons (Fsp3) is 0.333. The van der Waals surface area contributed by atoms with Crippen LogP contribution in [0.4, 0.5) is 0 Å². The number of pyridine rings is 1. The van der Waals surface area contributed by atoms with Crippen LogP contribution in [0.25, 0.3) is 0 Å². The minimum atomic E-state index is 0.101. The molecule has 0 spiro atoms. The average molecular weight is 216 g/mol. The quantitative estimate of drug-likeness (QED) is 0.844. The van der Waals surface area contributed by atoms with Crippen molar-refractivity contribution in [1.29, 1.82) is 0 Å². The molecule has 1 N–H and O–H groups in total. The van der Waals surface area contributed by atoms with E-state index in [0.717, 1.165) is 17.9 Å². The van der Waals surface area contributed by atoms with E-state index in [4.69, 9.17) is 0 Å². The van der Waals surface area contributed by atoms with Crippen molar-refractivity contribution in [3.05, 3.63) is 48.0 Å². The first-order valence-electron chi connectivity index (χ1n) is 5.46. The Labute approximate surface area is 95.3 Å². The average Bonchev–Trinajstić information content (AvgIpc) is 2.80. The summed E-state index contributed by atoms with van der Waals surface area (Å²) < 4.78 is 1.98. The molecule has 0 bridgehead atoms. The topological polar surface area (TPSA) is 42.7 Å². The van der Waals surface area contributed by atoms with E-state index in [1.807, 2.05) is 48.4 Å². The highest BCUT2D eigenvalue weighted by Gasteiger charge is 2.16. The molecule has 0 aliphatic rings. The number of rotatable bonds is 4. The van der Waals surface area contributed by atoms with Gasteiger partial charge < -0.3 is 5.32 Å². The molecule has 0 fully saturated rings. The predicted octanol–water partition coefficient (Wildman–Crippen LogP) is 1.61. The first-order valence-corrected chi connectivity index (χ1v) is 5.46. The summed E-state index contributed by atoms with van der Waals surface area (Å²) in [6, 6.07) is 8.07. The molecule has 2 aromatic rings. The van der Waals surface area contributed by atoms with Gasteiger partial charge in [0.05, 0.1) is 17.4 Å². The molecule has 0 radical (unpaired) electrons. The molecule has 2 aromatic heterocycles. The summed E-state index contributed by atoms with van der Waals surface area (Å²) in [6.07, 6.45) is 3.64. The van der Waals surface area contributed by atoms with Crippen molar-refractivity contribution in [2.45, 2.75) is 19.5 Å². The third-order valence-electron chi connectivity index (χ3n) is 2.62. The second kappa shape index (κ2) is 4.90. The molecule has 0 aliphatic carbocycles. The maximum absolute atomic E-state index is 4.38. The monoisotopic (exact) mass is 216 g/mol. The highest BCUT2D eigenvalue weighted by Crippen LogP contribution is 2.18. The molecule has 4 heteroatoms. The molecule has 84 valence electrons. The van der Waals surface area contributed by atoms with E-state index in [1.54, 1.807) is 0 Å². The van der Waals surface area contributed by atoms with Gasteiger partial charge in [-0.3, -0.25) is 9.67 Å². The minimum Gasteiger partial charge on any atom is -0.307 e. The van der Waals surface area contributed by atoms with Gasteiger partial charge in [0.15, 0.2) is 0 Å². The van der Waals surface area contributed by atoms with Gasteiger partial charge >= 0.3 is 0 Å². The number of hydrogen-bond donors (Lipinski definition) is 1. The van der Waals surface area contributed by atoms with Gasteiger partial charge in [-0.15, -0.1) is 0 Å². The van der Waals surface area contributed by atoms with Gasteiger partial charge in [0.1, 0.15) is 0 Å². The standard InChI is InChI=1S/C12H16N4/c1-3-16-11(7-9-15-16)12(13-2)10-6-4-5-8-14-10/h4-9,12-13H,3H2,1-2H3. The van der Waals surface area contributed by atoms with Crippen LogP contribution in [0.5, 0.6) is 0 Å². The van der Waals surface area contributed by atoms with Crippen LogP contribution >= 0.6 is 0 Å². The maximum atomic E-state index is 4.38. The molecule has 1 atom stereocenters. The lowest BCUT2D eigenvalue weighted by atomic mass is 10.1. The summed E-state index contributed by atoms with van der Waals surface area (Å²) in [5.41, 5.74) is 2.16. The zero-order valence-electron chi connectivity index (χ0n) is 9.59. The van der Waals surface area contributed by atoms with Crippen LogP contribution in [0.1, 0.15) is 24.4 Å². The number of aromatic nitrogens is 3. The van der Waals surface area contributed by atoms with Crippen LogP contribution in [0.3, 0.4) is 0 Å². The zero-order chi connectivity index (χ0) is 11.4. The van der Waals surface area contributed by atoms with Crippen molar-refractivity contribution in [3.63, 3.8) is 0 Å². The first kappa shape index (κ1) is 10.8. The van der Waals surface area contributed by atoms with Crippen LogP contribution in [-0.2, 0) is 6.54 Å². The Morgan fingerprint density at radius 3 is 2.81 bits per heavy atom. The molecule has 2 heterocycles. The fourth-order valence-electron chi connectivity index (χ4n) is 1.85. The molecule has 0 aromatic carbocycles. The van der Waals surface area contributed by atoms with Crippen LogP contribution < -0.4 is 5.32 Å². The second-order valence-corrected chi connectivity index (χ2v) is 3.55. The molecule has 16 heavy (non-hydrogen) atoms. The molecule has 0 saturated heterocycles. The Balaban J connectivity index is 2.37. The Morgan fingerprint density at radius 1 is 1.31 bits per heavy atom. The molecule has 1 unspecified atom stereocenters. The van der Waals surface area contributed by atoms with Crippen LogP contribution in [0, 0.1) is 0 Å². The maximum Gasteiger partial charge on any atom is 0.0919 e. The van der Waals surface area contributed by atoms with Crippen molar-refractivity contribution in [1.82, 2.24) is 20.1 Å². The third-order valence-corrected chi connectivity index (χ3v) is 2.62. The minimum absolute atomic E-state index is 0.101. The van der Waals surface area contributed by atoms with Gasteiger partial charge in [-0.2, -0.15) is 5.10 Å². The van der Waals surface area contributed by atoms with Crippen molar-refractivity contribution in [2.24, 2.45) is 0 Å². The Bertz CT molecular complexity index is 435. The van der Waals surface area contributed by atoms with Crippen LogP contribution in [-0.4, -0.2) is 21.8 Å². The SMILES string of the molecule is CCn1nccc1C(NC)c1ccccn1. The van der Waals surface area contributed by atoms with Crippen molar-refractivity contribution < 1.29 is 0 Å². The molecular weight excluding hydrogens is 200 g/mol. The van der Waals surface area contributed by atoms with Gasteiger partial charge in [0, 0.05) is 18.9 Å². The largest absolute Gasteiger partial charge is 0.307 e. The van der Waals surface area contributed by atoms with E-state index < -0.39 is 0 Å². The zero-order valence-corrected chi connectivity index (χ0v) is 9.59. The van der Waals surface area contributed by atoms with Crippen molar-refractivity contribution >= 4 is 0 Å². The summed E-state index contributed by atoms with van der Waals surface area (Å²) in [4.78, 5) is 4.38. The third kappa shape index (κ3) is 1.97.